The van der Waals surface area contributed by atoms with E-state index in [4.69, 9.17) is 16.7 Å². The molecule has 2 N–H and O–H groups in total. The molecule has 0 fully saturated rings. The van der Waals surface area contributed by atoms with Gasteiger partial charge in [-0.25, -0.2) is 0 Å². The smallest absolute Gasteiger partial charge is 0.303 e. The monoisotopic (exact) mass is 237 g/mol. The predicted octanol–water partition coefficient (Wildman–Crippen LogP) is 3.23. The Bertz CT molecular complexity index is 519. The number of benzene rings is 1. The lowest BCUT2D eigenvalue weighted by Gasteiger charge is -1.99. The molecule has 84 valence electrons. The summed E-state index contributed by atoms with van der Waals surface area (Å²) in [5.41, 5.74) is 2.08. The maximum Gasteiger partial charge on any atom is 0.303 e. The third-order valence-electron chi connectivity index (χ3n) is 2.57. The third kappa shape index (κ3) is 2.19. The van der Waals surface area contributed by atoms with Gasteiger partial charge in [-0.2, -0.15) is 0 Å². The molecule has 4 heteroatoms. The number of aromatic nitrogens is 1. The molecule has 1 aromatic heterocycles. The van der Waals surface area contributed by atoms with Gasteiger partial charge in [0, 0.05) is 23.5 Å². The first kappa shape index (κ1) is 11.0. The highest BCUT2D eigenvalue weighted by atomic mass is 35.5. The second kappa shape index (κ2) is 4.58. The Morgan fingerprint density at radius 2 is 2.25 bits per heavy atom. The molecule has 0 spiro atoms. The van der Waals surface area contributed by atoms with Gasteiger partial charge in [-0.1, -0.05) is 17.7 Å². The van der Waals surface area contributed by atoms with Crippen LogP contribution in [0.1, 0.15) is 18.4 Å². The van der Waals surface area contributed by atoms with Gasteiger partial charge < -0.3 is 10.1 Å². The topological polar surface area (TPSA) is 53.1 Å². The molecule has 1 aromatic carbocycles. The average Bonchev–Trinajstić information content (AvgIpc) is 2.62. The van der Waals surface area contributed by atoms with E-state index in [1.807, 2.05) is 24.4 Å². The number of carboxylic acids is 1. The summed E-state index contributed by atoms with van der Waals surface area (Å²) in [5.74, 6) is -0.758. The van der Waals surface area contributed by atoms with Crippen molar-refractivity contribution in [2.24, 2.45) is 0 Å². The summed E-state index contributed by atoms with van der Waals surface area (Å²) in [6.07, 6.45) is 3.46. The van der Waals surface area contributed by atoms with Crippen molar-refractivity contribution < 1.29 is 9.90 Å². The molecule has 1 heterocycles. The molecule has 0 aliphatic rings. The number of carbonyl (C=O) groups is 1. The van der Waals surface area contributed by atoms with E-state index in [0.717, 1.165) is 22.9 Å². The van der Waals surface area contributed by atoms with E-state index in [9.17, 15) is 4.79 Å². The summed E-state index contributed by atoms with van der Waals surface area (Å²) >= 11 is 6.11. The summed E-state index contributed by atoms with van der Waals surface area (Å²) in [6, 6.07) is 5.70. The highest BCUT2D eigenvalue weighted by molar-refractivity contribution is 6.35. The van der Waals surface area contributed by atoms with Crippen LogP contribution in [0.2, 0.25) is 5.02 Å². The van der Waals surface area contributed by atoms with Crippen molar-refractivity contribution in [1.82, 2.24) is 4.98 Å². The van der Waals surface area contributed by atoms with E-state index in [0.29, 0.717) is 11.4 Å². The van der Waals surface area contributed by atoms with Gasteiger partial charge in [-0.3, -0.25) is 4.79 Å². The molecule has 0 bridgehead atoms. The molecular formula is C12H12ClNO2. The summed E-state index contributed by atoms with van der Waals surface area (Å²) in [5, 5.41) is 10.3. The van der Waals surface area contributed by atoms with E-state index >= 15 is 0 Å². The summed E-state index contributed by atoms with van der Waals surface area (Å²) in [4.78, 5) is 13.6. The summed E-state index contributed by atoms with van der Waals surface area (Å²) < 4.78 is 0. The molecule has 0 saturated heterocycles. The maximum absolute atomic E-state index is 10.4. The number of aliphatic carboxylic acids is 1. The molecule has 0 aliphatic carbocycles. The first-order valence-electron chi connectivity index (χ1n) is 5.15. The number of fused-ring (bicyclic) bond motifs is 1. The van der Waals surface area contributed by atoms with Gasteiger partial charge >= 0.3 is 5.97 Å². The molecule has 0 unspecified atom stereocenters. The van der Waals surface area contributed by atoms with E-state index in [2.05, 4.69) is 4.98 Å². The van der Waals surface area contributed by atoms with Crippen LogP contribution < -0.4 is 0 Å². The fourth-order valence-corrected chi connectivity index (χ4v) is 2.13. The number of H-pyrrole nitrogens is 1. The van der Waals surface area contributed by atoms with Crippen LogP contribution in [0.4, 0.5) is 0 Å². The number of hydrogen-bond donors (Lipinski definition) is 2. The summed E-state index contributed by atoms with van der Waals surface area (Å²) in [6.45, 7) is 0. The Morgan fingerprint density at radius 3 is 3.00 bits per heavy atom. The lowest BCUT2D eigenvalue weighted by Crippen LogP contribution is -1.95. The van der Waals surface area contributed by atoms with Crippen LogP contribution in [0, 0.1) is 0 Å². The SMILES string of the molecule is O=C(O)CCCc1c[nH]c2cccc(Cl)c12. The third-order valence-corrected chi connectivity index (χ3v) is 2.89. The maximum atomic E-state index is 10.4. The Kier molecular flexibility index (Phi) is 3.15. The minimum atomic E-state index is -0.758. The first-order chi connectivity index (χ1) is 7.68. The fraction of sp³-hybridized carbons (Fsp3) is 0.250. The van der Waals surface area contributed by atoms with Crippen LogP contribution in [0.25, 0.3) is 10.9 Å². The minimum Gasteiger partial charge on any atom is -0.481 e. The lowest BCUT2D eigenvalue weighted by atomic mass is 10.1. The normalized spacial score (nSPS) is 10.8. The van der Waals surface area contributed by atoms with Crippen LogP contribution in [0.15, 0.2) is 24.4 Å². The Morgan fingerprint density at radius 1 is 1.44 bits per heavy atom. The Hall–Kier alpha value is -1.48. The number of aromatic amines is 1. The predicted molar refractivity (Wildman–Crippen MR) is 63.9 cm³/mol. The van der Waals surface area contributed by atoms with Crippen molar-refractivity contribution in [2.75, 3.05) is 0 Å². The molecule has 2 aromatic rings. The standard InChI is InChI=1S/C12H12ClNO2/c13-9-4-2-5-10-12(9)8(7-14-10)3-1-6-11(15)16/h2,4-5,7,14H,1,3,6H2,(H,15,16). The lowest BCUT2D eigenvalue weighted by molar-refractivity contribution is -0.137. The van der Waals surface area contributed by atoms with Crippen LogP contribution >= 0.6 is 11.6 Å². The molecule has 0 aliphatic heterocycles. The highest BCUT2D eigenvalue weighted by Gasteiger charge is 2.07. The molecule has 0 radical (unpaired) electrons. The Balaban J connectivity index is 2.21. The molecule has 0 amide bonds. The van der Waals surface area contributed by atoms with Gasteiger partial charge in [0.15, 0.2) is 0 Å². The van der Waals surface area contributed by atoms with Gasteiger partial charge in [0.2, 0.25) is 0 Å². The second-order valence-electron chi connectivity index (χ2n) is 3.72. The zero-order valence-corrected chi connectivity index (χ0v) is 9.42. The largest absolute Gasteiger partial charge is 0.481 e. The van der Waals surface area contributed by atoms with E-state index in [-0.39, 0.29) is 6.42 Å². The number of hydrogen-bond acceptors (Lipinski definition) is 1. The number of nitrogens with one attached hydrogen (secondary N) is 1. The number of aryl methyl sites for hydroxylation is 1. The summed E-state index contributed by atoms with van der Waals surface area (Å²) in [7, 11) is 0. The molecular weight excluding hydrogens is 226 g/mol. The molecule has 16 heavy (non-hydrogen) atoms. The number of halogens is 1. The van der Waals surface area contributed by atoms with Gasteiger partial charge in [0.05, 0.1) is 5.02 Å². The number of carboxylic acid groups (broad SMARTS) is 1. The molecule has 2 rings (SSSR count). The van der Waals surface area contributed by atoms with Crippen molar-refractivity contribution in [3.8, 4) is 0 Å². The van der Waals surface area contributed by atoms with Crippen molar-refractivity contribution in [2.45, 2.75) is 19.3 Å². The van der Waals surface area contributed by atoms with Crippen LogP contribution in [0.3, 0.4) is 0 Å². The van der Waals surface area contributed by atoms with Crippen LogP contribution in [-0.2, 0) is 11.2 Å². The zero-order chi connectivity index (χ0) is 11.5. The Labute approximate surface area is 98.0 Å². The minimum absolute atomic E-state index is 0.192. The van der Waals surface area contributed by atoms with E-state index in [1.165, 1.54) is 0 Å². The fourth-order valence-electron chi connectivity index (χ4n) is 1.84. The van der Waals surface area contributed by atoms with Gasteiger partial charge in [-0.05, 0) is 30.5 Å². The zero-order valence-electron chi connectivity index (χ0n) is 8.66. The average molecular weight is 238 g/mol. The molecule has 0 atom stereocenters. The van der Waals surface area contributed by atoms with Gasteiger partial charge in [0.1, 0.15) is 0 Å². The van der Waals surface area contributed by atoms with Crippen molar-refractivity contribution in [1.29, 1.82) is 0 Å². The highest BCUT2D eigenvalue weighted by Crippen LogP contribution is 2.27. The van der Waals surface area contributed by atoms with Crippen molar-refractivity contribution >= 4 is 28.5 Å². The van der Waals surface area contributed by atoms with Crippen LogP contribution in [0.5, 0.6) is 0 Å². The van der Waals surface area contributed by atoms with E-state index in [1.54, 1.807) is 0 Å². The first-order valence-corrected chi connectivity index (χ1v) is 5.52. The molecule has 0 saturated carbocycles. The van der Waals surface area contributed by atoms with Crippen molar-refractivity contribution in [3.05, 3.63) is 35.0 Å². The van der Waals surface area contributed by atoms with Crippen molar-refractivity contribution in [3.63, 3.8) is 0 Å². The van der Waals surface area contributed by atoms with Gasteiger partial charge in [0.25, 0.3) is 0 Å². The quantitative estimate of drug-likeness (QED) is 0.858. The number of rotatable bonds is 4. The van der Waals surface area contributed by atoms with Crippen LogP contribution in [-0.4, -0.2) is 16.1 Å². The van der Waals surface area contributed by atoms with Gasteiger partial charge in [-0.15, -0.1) is 0 Å². The second-order valence-corrected chi connectivity index (χ2v) is 4.13. The van der Waals surface area contributed by atoms with E-state index < -0.39 is 5.97 Å². The molecule has 3 nitrogen and oxygen atoms in total.